The summed E-state index contributed by atoms with van der Waals surface area (Å²) < 4.78 is 0. The van der Waals surface area contributed by atoms with Gasteiger partial charge in [0.2, 0.25) is 0 Å². The third-order valence-electron chi connectivity index (χ3n) is 2.79. The highest BCUT2D eigenvalue weighted by atomic mass is 16.4. The molecule has 3 unspecified atom stereocenters. The molecule has 2 N–H and O–H groups in total. The highest BCUT2D eigenvalue weighted by Gasteiger charge is 2.36. The molecular formula is C9H17NO3. The van der Waals surface area contributed by atoms with E-state index in [9.17, 15) is 9.90 Å². The minimum absolute atomic E-state index is 0.0703. The monoisotopic (exact) mass is 187 g/mol. The van der Waals surface area contributed by atoms with Gasteiger partial charge in [-0.3, -0.25) is 4.79 Å². The van der Waals surface area contributed by atoms with E-state index in [0.717, 1.165) is 6.42 Å². The van der Waals surface area contributed by atoms with E-state index in [0.29, 0.717) is 13.0 Å². The molecule has 4 heteroatoms. The van der Waals surface area contributed by atoms with E-state index in [4.69, 9.17) is 5.11 Å². The van der Waals surface area contributed by atoms with Crippen molar-refractivity contribution < 1.29 is 15.0 Å². The number of likely N-dealkylation sites (N-methyl/N-ethyl adjacent to an activating group) is 1. The summed E-state index contributed by atoms with van der Waals surface area (Å²) in [6.07, 6.45) is 0.715. The predicted octanol–water partition coefficient (Wildman–Crippen LogP) is 0.162. The topological polar surface area (TPSA) is 60.8 Å². The van der Waals surface area contributed by atoms with Gasteiger partial charge in [-0.15, -0.1) is 0 Å². The lowest BCUT2D eigenvalue weighted by molar-refractivity contribution is -0.148. The number of nitrogens with zero attached hydrogens (tertiary/aromatic N) is 1. The fraction of sp³-hybridized carbons (Fsp3) is 0.889. The molecule has 0 aromatic heterocycles. The number of carboxylic acid groups (broad SMARTS) is 1. The third-order valence-corrected chi connectivity index (χ3v) is 2.79. The predicted molar refractivity (Wildman–Crippen MR) is 48.5 cm³/mol. The van der Waals surface area contributed by atoms with Gasteiger partial charge >= 0.3 is 5.97 Å². The van der Waals surface area contributed by atoms with Crippen LogP contribution in [0.25, 0.3) is 0 Å². The Kier molecular flexibility index (Phi) is 3.27. The van der Waals surface area contributed by atoms with Crippen molar-refractivity contribution in [1.29, 1.82) is 0 Å². The number of piperidine rings is 1. The zero-order valence-electron chi connectivity index (χ0n) is 8.10. The van der Waals surface area contributed by atoms with E-state index in [1.165, 1.54) is 0 Å². The molecule has 1 heterocycles. The van der Waals surface area contributed by atoms with E-state index in [-0.39, 0.29) is 6.04 Å². The van der Waals surface area contributed by atoms with Crippen molar-refractivity contribution in [3.05, 3.63) is 0 Å². The summed E-state index contributed by atoms with van der Waals surface area (Å²) >= 11 is 0. The van der Waals surface area contributed by atoms with Crippen molar-refractivity contribution in [3.63, 3.8) is 0 Å². The van der Waals surface area contributed by atoms with Crippen LogP contribution in [0.2, 0.25) is 0 Å². The molecule has 0 aliphatic carbocycles. The number of aliphatic hydroxyl groups excluding tert-OH is 1. The van der Waals surface area contributed by atoms with Gasteiger partial charge in [0.05, 0.1) is 12.0 Å². The maximum Gasteiger partial charge on any atom is 0.308 e. The van der Waals surface area contributed by atoms with E-state index in [1.807, 2.05) is 18.9 Å². The Labute approximate surface area is 78.2 Å². The Hall–Kier alpha value is -0.610. The molecule has 0 spiro atoms. The van der Waals surface area contributed by atoms with Crippen LogP contribution in [0.4, 0.5) is 0 Å². The van der Waals surface area contributed by atoms with Crippen LogP contribution in [0.1, 0.15) is 19.8 Å². The summed E-state index contributed by atoms with van der Waals surface area (Å²) in [7, 11) is 1.87. The van der Waals surface area contributed by atoms with Gasteiger partial charge in [0.1, 0.15) is 0 Å². The summed E-state index contributed by atoms with van der Waals surface area (Å²) in [5.74, 6) is -1.21. The average Bonchev–Trinajstić information content (AvgIpc) is 2.02. The summed E-state index contributed by atoms with van der Waals surface area (Å²) in [5, 5.41) is 18.3. The number of hydrogen-bond donors (Lipinski definition) is 2. The number of rotatable bonds is 2. The molecule has 3 atom stereocenters. The molecule has 1 aliphatic heterocycles. The first-order chi connectivity index (χ1) is 6.06. The zero-order valence-corrected chi connectivity index (χ0v) is 8.10. The molecule has 1 rings (SSSR count). The fourth-order valence-corrected chi connectivity index (χ4v) is 2.16. The average molecular weight is 187 g/mol. The second kappa shape index (κ2) is 4.07. The maximum atomic E-state index is 10.9. The molecule has 0 saturated carbocycles. The maximum absolute atomic E-state index is 10.9. The van der Waals surface area contributed by atoms with Crippen LogP contribution in [0, 0.1) is 5.92 Å². The number of likely N-dealkylation sites (tertiary alicyclic amines) is 1. The number of carboxylic acids is 1. The van der Waals surface area contributed by atoms with Crippen LogP contribution >= 0.6 is 0 Å². The van der Waals surface area contributed by atoms with Crippen LogP contribution in [0.3, 0.4) is 0 Å². The fourth-order valence-electron chi connectivity index (χ4n) is 2.16. The first-order valence-corrected chi connectivity index (χ1v) is 4.67. The molecule has 13 heavy (non-hydrogen) atoms. The van der Waals surface area contributed by atoms with Crippen LogP contribution < -0.4 is 0 Å². The highest BCUT2D eigenvalue weighted by molar-refractivity contribution is 5.71. The van der Waals surface area contributed by atoms with E-state index in [1.54, 1.807) is 0 Å². The molecule has 1 saturated heterocycles. The second-order valence-electron chi connectivity index (χ2n) is 3.75. The van der Waals surface area contributed by atoms with Crippen molar-refractivity contribution in [2.45, 2.75) is 31.9 Å². The number of aliphatic hydroxyl groups is 1. The molecule has 4 nitrogen and oxygen atoms in total. The molecular weight excluding hydrogens is 170 g/mol. The SMILES string of the molecule is CCC1C(C(=O)O)CC(O)CN1C. The quantitative estimate of drug-likeness (QED) is 0.646. The van der Waals surface area contributed by atoms with Gasteiger partial charge in [-0.25, -0.2) is 0 Å². The van der Waals surface area contributed by atoms with Crippen LogP contribution in [0.15, 0.2) is 0 Å². The van der Waals surface area contributed by atoms with Crippen molar-refractivity contribution in [2.24, 2.45) is 5.92 Å². The van der Waals surface area contributed by atoms with Gasteiger partial charge < -0.3 is 15.1 Å². The van der Waals surface area contributed by atoms with Gasteiger partial charge in [-0.05, 0) is 19.9 Å². The van der Waals surface area contributed by atoms with Gasteiger partial charge in [0.25, 0.3) is 0 Å². The molecule has 1 aliphatic rings. The van der Waals surface area contributed by atoms with Gasteiger partial charge in [0, 0.05) is 12.6 Å². The first-order valence-electron chi connectivity index (χ1n) is 4.67. The minimum atomic E-state index is -0.794. The Morgan fingerprint density at radius 1 is 1.62 bits per heavy atom. The van der Waals surface area contributed by atoms with Crippen molar-refractivity contribution in [2.75, 3.05) is 13.6 Å². The zero-order chi connectivity index (χ0) is 10.0. The second-order valence-corrected chi connectivity index (χ2v) is 3.75. The standard InChI is InChI=1S/C9H17NO3/c1-3-8-7(9(12)13)4-6(11)5-10(8)2/h6-8,11H,3-5H2,1-2H3,(H,12,13). The van der Waals surface area contributed by atoms with Crippen molar-refractivity contribution in [3.8, 4) is 0 Å². The van der Waals surface area contributed by atoms with Gasteiger partial charge in [-0.2, -0.15) is 0 Å². The Bertz CT molecular complexity index is 195. The van der Waals surface area contributed by atoms with E-state index >= 15 is 0 Å². The summed E-state index contributed by atoms with van der Waals surface area (Å²) in [6.45, 7) is 2.57. The third kappa shape index (κ3) is 2.19. The van der Waals surface area contributed by atoms with Crippen LogP contribution in [-0.2, 0) is 4.79 Å². The lowest BCUT2D eigenvalue weighted by Crippen LogP contribution is -2.50. The Morgan fingerprint density at radius 3 is 2.69 bits per heavy atom. The lowest BCUT2D eigenvalue weighted by Gasteiger charge is -2.38. The summed E-state index contributed by atoms with van der Waals surface area (Å²) in [4.78, 5) is 12.8. The molecule has 0 aromatic rings. The molecule has 76 valence electrons. The van der Waals surface area contributed by atoms with Crippen LogP contribution in [0.5, 0.6) is 0 Å². The summed E-state index contributed by atoms with van der Waals surface area (Å²) in [5.41, 5.74) is 0. The Balaban J connectivity index is 2.71. The number of β-amino-alcohol motifs (C(OH)–C–C–N with tert-alkyl or cyclic N) is 1. The molecule has 0 bridgehead atoms. The number of aliphatic carboxylic acids is 1. The minimum Gasteiger partial charge on any atom is -0.481 e. The highest BCUT2D eigenvalue weighted by Crippen LogP contribution is 2.24. The van der Waals surface area contributed by atoms with Crippen molar-refractivity contribution >= 4 is 5.97 Å². The largest absolute Gasteiger partial charge is 0.481 e. The summed E-state index contributed by atoms with van der Waals surface area (Å²) in [6, 6.07) is 0.0703. The number of carbonyl (C=O) groups is 1. The number of hydrogen-bond acceptors (Lipinski definition) is 3. The smallest absolute Gasteiger partial charge is 0.308 e. The normalized spacial score (nSPS) is 36.1. The lowest BCUT2D eigenvalue weighted by atomic mass is 9.87. The van der Waals surface area contributed by atoms with Gasteiger partial charge in [0.15, 0.2) is 0 Å². The Morgan fingerprint density at radius 2 is 2.23 bits per heavy atom. The first kappa shape index (κ1) is 10.5. The molecule has 0 radical (unpaired) electrons. The van der Waals surface area contributed by atoms with Crippen LogP contribution in [-0.4, -0.2) is 46.8 Å². The molecule has 0 amide bonds. The molecule has 0 aromatic carbocycles. The van der Waals surface area contributed by atoms with E-state index in [2.05, 4.69) is 0 Å². The van der Waals surface area contributed by atoms with E-state index < -0.39 is 18.0 Å². The van der Waals surface area contributed by atoms with Crippen molar-refractivity contribution in [1.82, 2.24) is 4.90 Å². The van der Waals surface area contributed by atoms with Gasteiger partial charge in [-0.1, -0.05) is 6.92 Å². The molecule has 1 fully saturated rings.